The van der Waals surface area contributed by atoms with Crippen LogP contribution in [0.1, 0.15) is 29.9 Å². The molecular weight excluding hydrogens is 750 g/mol. The standard InChI is InChI=1S/C33H20BrCl2F5N2O5/c1-12-3-2-4-17(27(12)44)20-15-9-10-16-19(29(46)42(28(16)45)14-7-5-13(34)6-8-14)18(15)11-32(35)30(47)43(31(48)33(20,32)36)26-24(40)22(38)21(37)23(39)25(26)41/h2-9,16,18-20,44H,10-11H2,1H3. The summed E-state index contributed by atoms with van der Waals surface area (Å²) in [5.41, 5.74) is -1.11. The summed E-state index contributed by atoms with van der Waals surface area (Å²) in [6.45, 7) is 1.53. The topological polar surface area (TPSA) is 95.0 Å². The molecule has 15 heteroatoms. The summed E-state index contributed by atoms with van der Waals surface area (Å²) in [6, 6.07) is 10.8. The molecule has 3 aromatic carbocycles. The Balaban J connectivity index is 1.44. The van der Waals surface area contributed by atoms with E-state index >= 15 is 8.78 Å². The highest BCUT2D eigenvalue weighted by Gasteiger charge is 2.77. The van der Waals surface area contributed by atoms with Gasteiger partial charge in [-0.15, -0.1) is 23.2 Å². The lowest BCUT2D eigenvalue weighted by Gasteiger charge is -2.50. The number of alkyl halides is 2. The fourth-order valence-electron chi connectivity index (χ4n) is 7.67. The first-order chi connectivity index (χ1) is 22.6. The summed E-state index contributed by atoms with van der Waals surface area (Å²) in [7, 11) is 0. The molecule has 3 fully saturated rings. The average Bonchev–Trinajstić information content (AvgIpc) is 3.39. The predicted octanol–water partition coefficient (Wildman–Crippen LogP) is 6.93. The van der Waals surface area contributed by atoms with Gasteiger partial charge in [0, 0.05) is 16.0 Å². The molecule has 2 heterocycles. The van der Waals surface area contributed by atoms with Crippen LogP contribution < -0.4 is 9.80 Å². The predicted molar refractivity (Wildman–Crippen MR) is 166 cm³/mol. The molecule has 0 spiro atoms. The van der Waals surface area contributed by atoms with Crippen molar-refractivity contribution in [3.05, 3.63) is 98.8 Å². The Bertz CT molecular complexity index is 2020. The highest BCUT2D eigenvalue weighted by Crippen LogP contribution is 2.67. The zero-order chi connectivity index (χ0) is 34.8. The normalized spacial score (nSPS) is 29.6. The number of hydrogen-bond acceptors (Lipinski definition) is 5. The molecule has 6 unspecified atom stereocenters. The van der Waals surface area contributed by atoms with Gasteiger partial charge in [-0.1, -0.05) is 45.8 Å². The molecule has 1 saturated carbocycles. The van der Waals surface area contributed by atoms with E-state index in [1.807, 2.05) is 0 Å². The van der Waals surface area contributed by atoms with Crippen molar-refractivity contribution in [2.75, 3.05) is 9.80 Å². The van der Waals surface area contributed by atoms with Gasteiger partial charge < -0.3 is 5.11 Å². The number of benzene rings is 3. The third-order valence-electron chi connectivity index (χ3n) is 9.89. The van der Waals surface area contributed by atoms with Crippen LogP contribution in [0.2, 0.25) is 0 Å². The number of fused-ring (bicyclic) bond motifs is 4. The van der Waals surface area contributed by atoms with Crippen LogP contribution in [0.4, 0.5) is 33.3 Å². The first kappa shape index (κ1) is 32.7. The molecule has 4 aliphatic rings. The van der Waals surface area contributed by atoms with Gasteiger partial charge in [-0.25, -0.2) is 26.9 Å². The Hall–Kier alpha value is -3.81. The number of carbonyl (C=O) groups is 4. The van der Waals surface area contributed by atoms with E-state index in [-0.39, 0.29) is 33.9 Å². The van der Waals surface area contributed by atoms with Crippen LogP contribution in [-0.2, 0) is 19.2 Å². The maximum Gasteiger partial charge on any atom is 0.258 e. The molecule has 0 bridgehead atoms. The van der Waals surface area contributed by atoms with Crippen LogP contribution in [0.15, 0.2) is 58.6 Å². The molecule has 3 aromatic rings. The molecule has 0 radical (unpaired) electrons. The van der Waals surface area contributed by atoms with Crippen LogP contribution >= 0.6 is 39.1 Å². The van der Waals surface area contributed by atoms with Crippen molar-refractivity contribution in [1.82, 2.24) is 0 Å². The molecule has 0 aromatic heterocycles. The minimum Gasteiger partial charge on any atom is -0.507 e. The molecule has 248 valence electrons. The van der Waals surface area contributed by atoms with Crippen LogP contribution in [0.3, 0.4) is 0 Å². The number of rotatable bonds is 3. The lowest BCUT2D eigenvalue weighted by Crippen LogP contribution is -2.60. The number of phenols is 1. The van der Waals surface area contributed by atoms with Gasteiger partial charge in [0.2, 0.25) is 17.6 Å². The molecular formula is C33H20BrCl2F5N2O5. The number of para-hydroxylation sites is 1. The van der Waals surface area contributed by atoms with E-state index in [1.54, 1.807) is 30.3 Å². The van der Waals surface area contributed by atoms with Crippen molar-refractivity contribution in [2.24, 2.45) is 17.8 Å². The van der Waals surface area contributed by atoms with E-state index in [1.165, 1.54) is 25.1 Å². The third-order valence-corrected chi connectivity index (χ3v) is 11.8. The van der Waals surface area contributed by atoms with Gasteiger partial charge in [-0.2, -0.15) is 0 Å². The second kappa shape index (κ2) is 10.8. The Morgan fingerprint density at radius 1 is 0.812 bits per heavy atom. The number of hydrogen-bond donors (Lipinski definition) is 1. The van der Waals surface area contributed by atoms with Crippen molar-refractivity contribution < 1.29 is 46.2 Å². The van der Waals surface area contributed by atoms with E-state index in [2.05, 4.69) is 15.9 Å². The van der Waals surface area contributed by atoms with E-state index < -0.39 is 98.2 Å². The maximum absolute atomic E-state index is 15.2. The molecule has 2 aliphatic heterocycles. The second-order valence-corrected chi connectivity index (χ2v) is 14.4. The van der Waals surface area contributed by atoms with E-state index in [0.717, 1.165) is 4.90 Å². The van der Waals surface area contributed by atoms with Crippen molar-refractivity contribution in [1.29, 1.82) is 0 Å². The lowest BCUT2D eigenvalue weighted by atomic mass is 9.56. The Labute approximate surface area is 287 Å². The number of imide groups is 2. The van der Waals surface area contributed by atoms with Crippen LogP contribution in [0.25, 0.3) is 0 Å². The lowest BCUT2D eigenvalue weighted by molar-refractivity contribution is -0.125. The quantitative estimate of drug-likeness (QED) is 0.0780. The largest absolute Gasteiger partial charge is 0.507 e. The van der Waals surface area contributed by atoms with Crippen molar-refractivity contribution in [3.8, 4) is 5.75 Å². The van der Waals surface area contributed by atoms with Crippen molar-refractivity contribution in [2.45, 2.75) is 35.4 Å². The van der Waals surface area contributed by atoms with E-state index in [4.69, 9.17) is 23.2 Å². The summed E-state index contributed by atoms with van der Waals surface area (Å²) < 4.78 is 73.8. The van der Waals surface area contributed by atoms with Gasteiger partial charge in [0.1, 0.15) is 11.4 Å². The highest BCUT2D eigenvalue weighted by molar-refractivity contribution is 9.10. The van der Waals surface area contributed by atoms with Crippen LogP contribution in [0, 0.1) is 53.8 Å². The van der Waals surface area contributed by atoms with Crippen molar-refractivity contribution >= 4 is 74.1 Å². The molecule has 7 nitrogen and oxygen atoms in total. The number of aromatic hydroxyl groups is 1. The van der Waals surface area contributed by atoms with Gasteiger partial charge in [-0.3, -0.25) is 24.1 Å². The van der Waals surface area contributed by atoms with Crippen LogP contribution in [-0.4, -0.2) is 38.5 Å². The number of halogens is 8. The summed E-state index contributed by atoms with van der Waals surface area (Å²) in [5, 5.41) is 11.2. The van der Waals surface area contributed by atoms with E-state index in [0.29, 0.717) is 10.0 Å². The Kier molecular flexibility index (Phi) is 7.39. The van der Waals surface area contributed by atoms with Gasteiger partial charge in [0.15, 0.2) is 33.0 Å². The summed E-state index contributed by atoms with van der Waals surface area (Å²) in [5.74, 6) is -21.8. The molecule has 48 heavy (non-hydrogen) atoms. The minimum atomic E-state index is -2.72. The summed E-state index contributed by atoms with van der Waals surface area (Å²) in [6.07, 6.45) is 0.897. The number of phenolic OH excluding ortho intramolecular Hbond substituents is 1. The number of carbonyl (C=O) groups excluding carboxylic acids is 4. The number of amides is 4. The number of allylic oxidation sites excluding steroid dienone is 2. The highest BCUT2D eigenvalue weighted by atomic mass is 79.9. The van der Waals surface area contributed by atoms with Gasteiger partial charge in [0.25, 0.3) is 11.8 Å². The summed E-state index contributed by atoms with van der Waals surface area (Å²) in [4.78, 5) is 51.7. The zero-order valence-corrected chi connectivity index (χ0v) is 27.4. The molecule has 7 rings (SSSR count). The fourth-order valence-corrected chi connectivity index (χ4v) is 8.86. The smallest absolute Gasteiger partial charge is 0.258 e. The maximum atomic E-state index is 15.2. The van der Waals surface area contributed by atoms with Gasteiger partial charge in [0.05, 0.1) is 17.5 Å². The zero-order valence-electron chi connectivity index (χ0n) is 24.3. The monoisotopic (exact) mass is 768 g/mol. The molecule has 6 atom stereocenters. The molecule has 2 aliphatic carbocycles. The minimum absolute atomic E-state index is 0.0249. The Morgan fingerprint density at radius 2 is 1.42 bits per heavy atom. The number of anilines is 2. The van der Waals surface area contributed by atoms with Gasteiger partial charge in [-0.05, 0) is 55.5 Å². The first-order valence-electron chi connectivity index (χ1n) is 14.5. The van der Waals surface area contributed by atoms with Gasteiger partial charge >= 0.3 is 0 Å². The van der Waals surface area contributed by atoms with Crippen molar-refractivity contribution in [3.63, 3.8) is 0 Å². The number of aryl methyl sites for hydroxylation is 1. The first-order valence-corrected chi connectivity index (χ1v) is 16.0. The molecule has 4 amide bonds. The Morgan fingerprint density at radius 3 is 2.04 bits per heavy atom. The average molecular weight is 770 g/mol. The van der Waals surface area contributed by atoms with E-state index in [9.17, 15) is 37.5 Å². The third kappa shape index (κ3) is 4.04. The fraction of sp³-hybridized carbons (Fsp3) is 0.273. The molecule has 1 N–H and O–H groups in total. The summed E-state index contributed by atoms with van der Waals surface area (Å²) >= 11 is 17.5. The number of nitrogens with zero attached hydrogens (tertiary/aromatic N) is 2. The SMILES string of the molecule is Cc1cccc(C2C3=CCC4C(=O)N(c5ccc(Br)cc5)C(=O)C4C3CC3(Cl)C(=O)N(c4c(F)c(F)c(F)c(F)c4F)C(=O)C23Cl)c1O. The molecule has 2 saturated heterocycles. The second-order valence-electron chi connectivity index (χ2n) is 12.2. The van der Waals surface area contributed by atoms with Crippen LogP contribution in [0.5, 0.6) is 5.75 Å².